The summed E-state index contributed by atoms with van der Waals surface area (Å²) in [6, 6.07) is 0. The lowest BCUT2D eigenvalue weighted by Crippen LogP contribution is -2.14. The highest BCUT2D eigenvalue weighted by Crippen LogP contribution is 2.40. The maximum atomic E-state index is 6.12. The van der Waals surface area contributed by atoms with E-state index in [1.54, 1.807) is 11.8 Å². The van der Waals surface area contributed by atoms with Crippen LogP contribution in [0.5, 0.6) is 0 Å². The molecule has 4 heteroatoms. The van der Waals surface area contributed by atoms with Crippen LogP contribution in [0.2, 0.25) is 5.15 Å². The number of rotatable bonds is 1. The normalized spacial score (nSPS) is 18.3. The molecule has 0 unspecified atom stereocenters. The minimum absolute atomic E-state index is 0.159. The summed E-state index contributed by atoms with van der Waals surface area (Å²) in [7, 11) is 0. The second kappa shape index (κ2) is 3.38. The average molecular weight is 229 g/mol. The number of aromatic nitrogens is 2. The third-order valence-electron chi connectivity index (χ3n) is 2.76. The van der Waals surface area contributed by atoms with E-state index in [2.05, 4.69) is 23.8 Å². The van der Waals surface area contributed by atoms with E-state index < -0.39 is 0 Å². The summed E-state index contributed by atoms with van der Waals surface area (Å²) in [6.07, 6.45) is 4.10. The van der Waals surface area contributed by atoms with Crippen molar-refractivity contribution in [3.8, 4) is 0 Å². The number of thioether (sulfide) groups is 1. The molecule has 76 valence electrons. The van der Waals surface area contributed by atoms with Gasteiger partial charge in [-0.2, -0.15) is 0 Å². The number of halogens is 1. The van der Waals surface area contributed by atoms with Gasteiger partial charge in [0.05, 0.1) is 5.69 Å². The molecular weight excluding hydrogens is 216 g/mol. The van der Waals surface area contributed by atoms with Crippen LogP contribution in [0, 0.1) is 0 Å². The SMILES string of the molecule is CSc1nc(Cl)c2c(n1)C(C)(C)CC2. The van der Waals surface area contributed by atoms with E-state index in [1.165, 1.54) is 0 Å². The van der Waals surface area contributed by atoms with Gasteiger partial charge in [-0.3, -0.25) is 0 Å². The molecule has 0 saturated carbocycles. The summed E-state index contributed by atoms with van der Waals surface area (Å²) in [5.41, 5.74) is 2.45. The second-order valence-corrected chi connectivity index (χ2v) is 5.34. The zero-order chi connectivity index (χ0) is 10.3. The fourth-order valence-corrected chi connectivity index (χ4v) is 2.55. The van der Waals surface area contributed by atoms with Gasteiger partial charge in [0, 0.05) is 11.0 Å². The predicted octanol–water partition coefficient (Wildman–Crippen LogP) is 3.08. The van der Waals surface area contributed by atoms with Gasteiger partial charge in [-0.05, 0) is 19.1 Å². The quantitative estimate of drug-likeness (QED) is 0.420. The lowest BCUT2D eigenvalue weighted by molar-refractivity contribution is 0.505. The fraction of sp³-hybridized carbons (Fsp3) is 0.600. The van der Waals surface area contributed by atoms with Gasteiger partial charge in [-0.1, -0.05) is 37.2 Å². The molecule has 0 atom stereocenters. The van der Waals surface area contributed by atoms with E-state index in [-0.39, 0.29) is 5.41 Å². The topological polar surface area (TPSA) is 25.8 Å². The Bertz CT molecular complexity index is 377. The smallest absolute Gasteiger partial charge is 0.188 e. The molecule has 0 bridgehead atoms. The molecule has 0 aliphatic heterocycles. The Labute approximate surface area is 93.5 Å². The fourth-order valence-electron chi connectivity index (χ4n) is 1.87. The van der Waals surface area contributed by atoms with E-state index >= 15 is 0 Å². The van der Waals surface area contributed by atoms with Crippen LogP contribution in [0.3, 0.4) is 0 Å². The Kier molecular flexibility index (Phi) is 2.48. The first kappa shape index (κ1) is 10.2. The van der Waals surface area contributed by atoms with Gasteiger partial charge in [-0.25, -0.2) is 9.97 Å². The van der Waals surface area contributed by atoms with Gasteiger partial charge >= 0.3 is 0 Å². The zero-order valence-corrected chi connectivity index (χ0v) is 10.2. The van der Waals surface area contributed by atoms with Crippen LogP contribution >= 0.6 is 23.4 Å². The number of fused-ring (bicyclic) bond motifs is 1. The van der Waals surface area contributed by atoms with Crippen LogP contribution in [0.25, 0.3) is 0 Å². The first-order valence-corrected chi connectivity index (χ1v) is 6.26. The maximum absolute atomic E-state index is 6.12. The van der Waals surface area contributed by atoms with Crippen LogP contribution in [-0.4, -0.2) is 16.2 Å². The summed E-state index contributed by atoms with van der Waals surface area (Å²) in [5, 5.41) is 1.42. The van der Waals surface area contributed by atoms with Gasteiger partial charge in [0.15, 0.2) is 5.16 Å². The highest BCUT2D eigenvalue weighted by molar-refractivity contribution is 7.98. The summed E-state index contributed by atoms with van der Waals surface area (Å²) in [6.45, 7) is 4.43. The van der Waals surface area contributed by atoms with E-state index in [0.29, 0.717) is 5.15 Å². The zero-order valence-electron chi connectivity index (χ0n) is 8.59. The maximum Gasteiger partial charge on any atom is 0.188 e. The van der Waals surface area contributed by atoms with Crippen molar-refractivity contribution in [3.05, 3.63) is 16.4 Å². The largest absolute Gasteiger partial charge is 0.227 e. The first-order valence-electron chi connectivity index (χ1n) is 4.65. The van der Waals surface area contributed by atoms with E-state index in [1.807, 2.05) is 6.26 Å². The van der Waals surface area contributed by atoms with E-state index in [0.717, 1.165) is 29.3 Å². The number of hydrogen-bond acceptors (Lipinski definition) is 3. The lowest BCUT2D eigenvalue weighted by Gasteiger charge is -2.17. The molecular formula is C10H13ClN2S. The molecule has 0 aromatic carbocycles. The van der Waals surface area contributed by atoms with Crippen LogP contribution in [0.1, 0.15) is 31.5 Å². The van der Waals surface area contributed by atoms with Gasteiger partial charge < -0.3 is 0 Å². The highest BCUT2D eigenvalue weighted by Gasteiger charge is 2.33. The molecule has 2 rings (SSSR count). The molecule has 0 N–H and O–H groups in total. The monoisotopic (exact) mass is 228 g/mol. The average Bonchev–Trinajstić information content (AvgIpc) is 2.43. The minimum Gasteiger partial charge on any atom is -0.227 e. The predicted molar refractivity (Wildman–Crippen MR) is 60.2 cm³/mol. The first-order chi connectivity index (χ1) is 6.54. The Morgan fingerprint density at radius 3 is 2.71 bits per heavy atom. The van der Waals surface area contributed by atoms with Crippen LogP contribution in [0.4, 0.5) is 0 Å². The van der Waals surface area contributed by atoms with Crippen LogP contribution in [0.15, 0.2) is 5.16 Å². The van der Waals surface area contributed by atoms with Crippen molar-refractivity contribution in [1.29, 1.82) is 0 Å². The molecule has 1 aliphatic rings. The summed E-state index contributed by atoms with van der Waals surface area (Å²) in [4.78, 5) is 8.80. The molecule has 0 saturated heterocycles. The van der Waals surface area contributed by atoms with Gasteiger partial charge in [0.25, 0.3) is 0 Å². The van der Waals surface area contributed by atoms with E-state index in [9.17, 15) is 0 Å². The third kappa shape index (κ3) is 1.52. The number of nitrogens with zero attached hydrogens (tertiary/aromatic N) is 2. The van der Waals surface area contributed by atoms with Crippen molar-refractivity contribution in [2.24, 2.45) is 0 Å². The Hall–Kier alpha value is -0.280. The number of hydrogen-bond donors (Lipinski definition) is 0. The lowest BCUT2D eigenvalue weighted by atomic mass is 9.91. The highest BCUT2D eigenvalue weighted by atomic mass is 35.5. The standard InChI is InChI=1S/C10H13ClN2S/c1-10(2)5-4-6-7(10)12-9(14-3)13-8(6)11/h4-5H2,1-3H3. The summed E-state index contributed by atoms with van der Waals surface area (Å²) < 4.78 is 0. The summed E-state index contributed by atoms with van der Waals surface area (Å²) >= 11 is 7.66. The molecule has 0 fully saturated rings. The minimum atomic E-state index is 0.159. The van der Waals surface area contributed by atoms with Crippen molar-refractivity contribution >= 4 is 23.4 Å². The Balaban J connectivity index is 2.59. The molecule has 1 aromatic rings. The Morgan fingerprint density at radius 1 is 1.36 bits per heavy atom. The van der Waals surface area contributed by atoms with Crippen molar-refractivity contribution in [2.45, 2.75) is 37.3 Å². The van der Waals surface area contributed by atoms with Crippen molar-refractivity contribution < 1.29 is 0 Å². The molecule has 1 heterocycles. The molecule has 0 amide bonds. The van der Waals surface area contributed by atoms with Crippen molar-refractivity contribution in [3.63, 3.8) is 0 Å². The molecule has 0 spiro atoms. The van der Waals surface area contributed by atoms with Crippen LogP contribution in [-0.2, 0) is 11.8 Å². The molecule has 0 radical (unpaired) electrons. The molecule has 1 aromatic heterocycles. The molecule has 14 heavy (non-hydrogen) atoms. The van der Waals surface area contributed by atoms with Crippen molar-refractivity contribution in [1.82, 2.24) is 9.97 Å². The van der Waals surface area contributed by atoms with Gasteiger partial charge in [-0.15, -0.1) is 0 Å². The Morgan fingerprint density at radius 2 is 2.07 bits per heavy atom. The van der Waals surface area contributed by atoms with Gasteiger partial charge in [0.1, 0.15) is 5.15 Å². The van der Waals surface area contributed by atoms with Crippen LogP contribution < -0.4 is 0 Å². The molecule has 2 nitrogen and oxygen atoms in total. The second-order valence-electron chi connectivity index (χ2n) is 4.21. The summed E-state index contributed by atoms with van der Waals surface area (Å²) in [5.74, 6) is 0. The van der Waals surface area contributed by atoms with Gasteiger partial charge in [0.2, 0.25) is 0 Å². The molecule has 1 aliphatic carbocycles. The van der Waals surface area contributed by atoms with E-state index in [4.69, 9.17) is 11.6 Å². The third-order valence-corrected chi connectivity index (χ3v) is 3.62. The van der Waals surface area contributed by atoms with Crippen molar-refractivity contribution in [2.75, 3.05) is 6.26 Å².